The molecule has 0 aliphatic heterocycles. The smallest absolute Gasteiger partial charge is 0.0394 e. The van der Waals surface area contributed by atoms with Gasteiger partial charge in [-0.25, -0.2) is 0 Å². The molecule has 0 amide bonds. The van der Waals surface area contributed by atoms with Crippen LogP contribution >= 0.6 is 0 Å². The molecule has 1 nitrogen and oxygen atoms in total. The van der Waals surface area contributed by atoms with Crippen molar-refractivity contribution in [3.8, 4) is 0 Å². The SMILES string of the molecule is CCCCCCCCc1cc2ccc3ccc(N)c4ccc(c1)c2c34. The Kier molecular flexibility index (Phi) is 4.48. The summed E-state index contributed by atoms with van der Waals surface area (Å²) in [4.78, 5) is 0. The first-order chi connectivity index (χ1) is 12.3. The molecule has 25 heavy (non-hydrogen) atoms. The number of unbranched alkanes of at least 4 members (excludes halogenated alkanes) is 5. The number of rotatable bonds is 7. The molecule has 0 spiro atoms. The van der Waals surface area contributed by atoms with Crippen LogP contribution in [-0.2, 0) is 6.42 Å². The summed E-state index contributed by atoms with van der Waals surface area (Å²) in [5, 5.41) is 7.85. The Morgan fingerprint density at radius 3 is 2.12 bits per heavy atom. The van der Waals surface area contributed by atoms with Crippen LogP contribution in [0.5, 0.6) is 0 Å². The van der Waals surface area contributed by atoms with E-state index < -0.39 is 0 Å². The highest BCUT2D eigenvalue weighted by Gasteiger charge is 2.10. The molecule has 0 aromatic heterocycles. The Morgan fingerprint density at radius 1 is 0.680 bits per heavy atom. The van der Waals surface area contributed by atoms with E-state index in [-0.39, 0.29) is 0 Å². The lowest BCUT2D eigenvalue weighted by Crippen LogP contribution is -1.92. The number of nitrogen functional groups attached to an aromatic ring is 1. The van der Waals surface area contributed by atoms with Crippen molar-refractivity contribution < 1.29 is 0 Å². The van der Waals surface area contributed by atoms with Gasteiger partial charge in [0.15, 0.2) is 0 Å². The molecule has 0 heterocycles. The van der Waals surface area contributed by atoms with Gasteiger partial charge in [0.05, 0.1) is 0 Å². The predicted molar refractivity (Wildman–Crippen MR) is 112 cm³/mol. The molecule has 0 saturated heterocycles. The monoisotopic (exact) mass is 329 g/mol. The van der Waals surface area contributed by atoms with Gasteiger partial charge in [0.1, 0.15) is 0 Å². The zero-order valence-corrected chi connectivity index (χ0v) is 15.1. The van der Waals surface area contributed by atoms with Gasteiger partial charge >= 0.3 is 0 Å². The summed E-state index contributed by atoms with van der Waals surface area (Å²) < 4.78 is 0. The molecule has 0 radical (unpaired) electrons. The van der Waals surface area contributed by atoms with Crippen molar-refractivity contribution in [2.24, 2.45) is 0 Å². The standard InChI is InChI=1S/C24H27N/c1-2-3-4-5-6-7-8-17-15-19-10-9-18-12-14-22(25)21-13-11-20(16-17)23(19)24(18)21/h9-16H,2-8,25H2,1H3. The molecule has 4 aromatic carbocycles. The lowest BCUT2D eigenvalue weighted by molar-refractivity contribution is 0.608. The van der Waals surface area contributed by atoms with E-state index in [1.165, 1.54) is 82.8 Å². The van der Waals surface area contributed by atoms with Crippen LogP contribution in [0.3, 0.4) is 0 Å². The van der Waals surface area contributed by atoms with Crippen molar-refractivity contribution in [2.75, 3.05) is 5.73 Å². The molecule has 4 aromatic rings. The normalized spacial score (nSPS) is 11.9. The van der Waals surface area contributed by atoms with Crippen LogP contribution in [0.15, 0.2) is 48.5 Å². The van der Waals surface area contributed by atoms with Crippen LogP contribution in [-0.4, -0.2) is 0 Å². The molecule has 2 N–H and O–H groups in total. The first kappa shape index (κ1) is 16.2. The largest absolute Gasteiger partial charge is 0.398 e. The molecule has 0 saturated carbocycles. The fourth-order valence-corrected chi connectivity index (χ4v) is 4.16. The second-order valence-corrected chi connectivity index (χ2v) is 7.37. The zero-order chi connectivity index (χ0) is 17.2. The first-order valence-electron chi connectivity index (χ1n) is 9.74. The van der Waals surface area contributed by atoms with Gasteiger partial charge < -0.3 is 5.73 Å². The molecule has 4 rings (SSSR count). The Hall–Kier alpha value is -2.28. The number of benzene rings is 4. The van der Waals surface area contributed by atoms with Crippen LogP contribution < -0.4 is 5.73 Å². The minimum Gasteiger partial charge on any atom is -0.398 e. The van der Waals surface area contributed by atoms with Crippen molar-refractivity contribution in [1.82, 2.24) is 0 Å². The highest BCUT2D eigenvalue weighted by atomic mass is 14.5. The average molecular weight is 329 g/mol. The van der Waals surface area contributed by atoms with Gasteiger partial charge in [-0.2, -0.15) is 0 Å². The molecule has 1 heteroatoms. The van der Waals surface area contributed by atoms with E-state index in [2.05, 4.69) is 49.4 Å². The van der Waals surface area contributed by atoms with E-state index in [1.54, 1.807) is 0 Å². The maximum atomic E-state index is 6.21. The van der Waals surface area contributed by atoms with Crippen molar-refractivity contribution in [3.63, 3.8) is 0 Å². The zero-order valence-electron chi connectivity index (χ0n) is 15.1. The summed E-state index contributed by atoms with van der Waals surface area (Å²) in [7, 11) is 0. The summed E-state index contributed by atoms with van der Waals surface area (Å²) >= 11 is 0. The van der Waals surface area contributed by atoms with Crippen LogP contribution in [0.2, 0.25) is 0 Å². The maximum absolute atomic E-state index is 6.21. The maximum Gasteiger partial charge on any atom is 0.0394 e. The van der Waals surface area contributed by atoms with E-state index in [4.69, 9.17) is 5.73 Å². The molecule has 128 valence electrons. The summed E-state index contributed by atoms with van der Waals surface area (Å²) in [6, 6.07) is 17.9. The Bertz CT molecular complexity index is 980. The third-order valence-electron chi connectivity index (χ3n) is 5.51. The fraction of sp³-hybridized carbons (Fsp3) is 0.333. The molecular weight excluding hydrogens is 302 g/mol. The molecule has 0 unspecified atom stereocenters. The minimum atomic E-state index is 0.873. The first-order valence-corrected chi connectivity index (χ1v) is 9.74. The van der Waals surface area contributed by atoms with Crippen molar-refractivity contribution in [2.45, 2.75) is 51.9 Å². The summed E-state index contributed by atoms with van der Waals surface area (Å²) in [5.74, 6) is 0. The van der Waals surface area contributed by atoms with E-state index in [1.807, 2.05) is 6.07 Å². The average Bonchev–Trinajstić information content (AvgIpc) is 2.64. The number of hydrogen-bond donors (Lipinski definition) is 1. The van der Waals surface area contributed by atoms with E-state index in [0.717, 1.165) is 5.69 Å². The molecule has 0 atom stereocenters. The third kappa shape index (κ3) is 3.04. The lowest BCUT2D eigenvalue weighted by Gasteiger charge is -2.13. The van der Waals surface area contributed by atoms with E-state index >= 15 is 0 Å². The number of anilines is 1. The van der Waals surface area contributed by atoms with Crippen molar-refractivity contribution in [1.29, 1.82) is 0 Å². The van der Waals surface area contributed by atoms with Gasteiger partial charge in [0.2, 0.25) is 0 Å². The number of nitrogens with two attached hydrogens (primary N) is 1. The topological polar surface area (TPSA) is 26.0 Å². The van der Waals surface area contributed by atoms with Crippen molar-refractivity contribution >= 4 is 38.0 Å². The second kappa shape index (κ2) is 6.92. The Morgan fingerprint density at radius 2 is 1.32 bits per heavy atom. The van der Waals surface area contributed by atoms with Gasteiger partial charge in [-0.1, -0.05) is 81.5 Å². The van der Waals surface area contributed by atoms with Crippen LogP contribution in [0.25, 0.3) is 32.3 Å². The van der Waals surface area contributed by atoms with Crippen LogP contribution in [0.1, 0.15) is 51.0 Å². The van der Waals surface area contributed by atoms with Gasteiger partial charge in [0.25, 0.3) is 0 Å². The fourth-order valence-electron chi connectivity index (χ4n) is 4.16. The number of hydrogen-bond acceptors (Lipinski definition) is 1. The van der Waals surface area contributed by atoms with E-state index in [0.29, 0.717) is 0 Å². The van der Waals surface area contributed by atoms with Crippen LogP contribution in [0, 0.1) is 0 Å². The minimum absolute atomic E-state index is 0.873. The van der Waals surface area contributed by atoms with Gasteiger partial charge in [-0.3, -0.25) is 0 Å². The van der Waals surface area contributed by atoms with Gasteiger partial charge in [0, 0.05) is 11.1 Å². The third-order valence-corrected chi connectivity index (χ3v) is 5.51. The second-order valence-electron chi connectivity index (χ2n) is 7.37. The Balaban J connectivity index is 1.65. The van der Waals surface area contributed by atoms with Crippen LogP contribution in [0.4, 0.5) is 5.69 Å². The highest BCUT2D eigenvalue weighted by Crippen LogP contribution is 2.37. The van der Waals surface area contributed by atoms with Gasteiger partial charge in [-0.05, 0) is 51.4 Å². The molecule has 0 fully saturated rings. The summed E-state index contributed by atoms with van der Waals surface area (Å²) in [6.07, 6.45) is 9.29. The molecular formula is C24H27N. The van der Waals surface area contributed by atoms with E-state index in [9.17, 15) is 0 Å². The lowest BCUT2D eigenvalue weighted by atomic mass is 9.91. The number of aryl methyl sites for hydroxylation is 1. The van der Waals surface area contributed by atoms with Gasteiger partial charge in [-0.15, -0.1) is 0 Å². The quantitative estimate of drug-likeness (QED) is 0.219. The van der Waals surface area contributed by atoms with Crippen molar-refractivity contribution in [3.05, 3.63) is 54.1 Å². The molecule has 0 aliphatic carbocycles. The highest BCUT2D eigenvalue weighted by molar-refractivity contribution is 6.25. The predicted octanol–water partition coefficient (Wildman–Crippen LogP) is 7.07. The molecule has 0 aliphatic rings. The summed E-state index contributed by atoms with van der Waals surface area (Å²) in [6.45, 7) is 2.27. The molecule has 0 bridgehead atoms. The summed E-state index contributed by atoms with van der Waals surface area (Å²) in [5.41, 5.74) is 8.55. The Labute approximate surface area is 150 Å².